The molecule has 0 atom stereocenters. The maximum atomic E-state index is 13.1. The molecule has 3 rings (SSSR count). The van der Waals surface area contributed by atoms with Crippen molar-refractivity contribution in [1.82, 2.24) is 14.9 Å². The summed E-state index contributed by atoms with van der Waals surface area (Å²) >= 11 is 0. The number of sulfonamides is 1. The number of amides is 3. The van der Waals surface area contributed by atoms with Crippen LogP contribution < -0.4 is 20.7 Å². The van der Waals surface area contributed by atoms with Crippen molar-refractivity contribution in [1.29, 1.82) is 0 Å². The molecule has 3 amide bonds. The van der Waals surface area contributed by atoms with Gasteiger partial charge in [-0.15, -0.1) is 0 Å². The molecule has 0 saturated carbocycles. The lowest BCUT2D eigenvalue weighted by molar-refractivity contribution is -0.118. The number of nitrogens with zero attached hydrogens (tertiary/aromatic N) is 1. The number of benzene rings is 2. The highest BCUT2D eigenvalue weighted by atomic mass is 32.2. The first-order valence-electron chi connectivity index (χ1n) is 10.0. The van der Waals surface area contributed by atoms with Gasteiger partial charge in [-0.3, -0.25) is 10.1 Å². The van der Waals surface area contributed by atoms with Gasteiger partial charge in [-0.05, 0) is 43.2 Å². The number of piperidine rings is 1. The zero-order valence-electron chi connectivity index (χ0n) is 17.3. The average molecular weight is 447 g/mol. The molecule has 0 aromatic heterocycles. The van der Waals surface area contributed by atoms with Crippen molar-refractivity contribution >= 4 is 27.6 Å². The number of imide groups is 1. The fraction of sp³-hybridized carbons (Fsp3) is 0.333. The lowest BCUT2D eigenvalue weighted by atomic mass is 10.2. The number of hydrogen-bond acceptors (Lipinski definition) is 6. The summed E-state index contributed by atoms with van der Waals surface area (Å²) in [5.74, 6) is 0.345. The van der Waals surface area contributed by atoms with Crippen LogP contribution in [0.3, 0.4) is 0 Å². The van der Waals surface area contributed by atoms with E-state index >= 15 is 0 Å². The topological polar surface area (TPSA) is 117 Å². The first kappa shape index (κ1) is 22.6. The molecule has 10 heteroatoms. The van der Waals surface area contributed by atoms with Crippen LogP contribution in [0.4, 0.5) is 10.5 Å². The van der Waals surface area contributed by atoms with Gasteiger partial charge >= 0.3 is 6.03 Å². The third-order valence-electron chi connectivity index (χ3n) is 4.79. The van der Waals surface area contributed by atoms with Crippen LogP contribution in [0.2, 0.25) is 0 Å². The molecule has 0 aliphatic carbocycles. The number of nitrogens with one attached hydrogen (secondary N) is 3. The highest BCUT2D eigenvalue weighted by molar-refractivity contribution is 7.89. The van der Waals surface area contributed by atoms with Crippen LogP contribution in [0.5, 0.6) is 11.5 Å². The third kappa shape index (κ3) is 5.96. The Balaban J connectivity index is 1.86. The van der Waals surface area contributed by atoms with E-state index in [-0.39, 0.29) is 11.4 Å². The summed E-state index contributed by atoms with van der Waals surface area (Å²) in [6.45, 7) is 0.732. The zero-order chi connectivity index (χ0) is 22.3. The number of urea groups is 1. The van der Waals surface area contributed by atoms with E-state index in [1.165, 1.54) is 23.5 Å². The normalized spacial score (nSPS) is 14.5. The Labute approximate surface area is 181 Å². The Hall–Kier alpha value is -3.11. The fourth-order valence-corrected chi connectivity index (χ4v) is 4.72. The molecule has 1 aliphatic rings. The van der Waals surface area contributed by atoms with E-state index in [1.54, 1.807) is 18.2 Å². The first-order valence-corrected chi connectivity index (χ1v) is 11.5. The standard InChI is InChI=1S/C21H26N4O5S/c1-22-21(27)24-20(26)15-23-18-14-17(31(28,29)25-12-6-3-7-13-25)10-11-19(18)30-16-8-4-2-5-9-16/h2,4-5,8-11,14,23H,3,6-7,12-13,15H2,1H3,(H2,22,24,26,27). The predicted octanol–water partition coefficient (Wildman–Crippen LogP) is 2.52. The molecule has 0 radical (unpaired) electrons. The molecule has 9 nitrogen and oxygen atoms in total. The van der Waals surface area contributed by atoms with Crippen LogP contribution in [0.15, 0.2) is 53.4 Å². The quantitative estimate of drug-likeness (QED) is 0.602. The maximum absolute atomic E-state index is 13.1. The molecule has 1 aliphatic heterocycles. The summed E-state index contributed by atoms with van der Waals surface area (Å²) < 4.78 is 33.5. The molecule has 0 unspecified atom stereocenters. The highest BCUT2D eigenvalue weighted by Gasteiger charge is 2.27. The summed E-state index contributed by atoms with van der Waals surface area (Å²) in [4.78, 5) is 23.4. The van der Waals surface area contributed by atoms with Gasteiger partial charge in [0.1, 0.15) is 5.75 Å². The summed E-state index contributed by atoms with van der Waals surface area (Å²) in [5, 5.41) is 7.32. The average Bonchev–Trinajstić information content (AvgIpc) is 2.79. The number of carbonyl (C=O) groups is 2. The lowest BCUT2D eigenvalue weighted by Crippen LogP contribution is -2.40. The molecule has 3 N–H and O–H groups in total. The van der Waals surface area contributed by atoms with E-state index < -0.39 is 22.0 Å². The Bertz CT molecular complexity index is 1020. The molecule has 166 valence electrons. The van der Waals surface area contributed by atoms with Crippen LogP contribution in [0.1, 0.15) is 19.3 Å². The molecule has 1 fully saturated rings. The van der Waals surface area contributed by atoms with E-state index in [0.717, 1.165) is 19.3 Å². The van der Waals surface area contributed by atoms with Gasteiger partial charge in [-0.2, -0.15) is 4.31 Å². The number of ether oxygens (including phenoxy) is 1. The van der Waals surface area contributed by atoms with E-state index in [0.29, 0.717) is 30.3 Å². The SMILES string of the molecule is CNC(=O)NC(=O)CNc1cc(S(=O)(=O)N2CCCCC2)ccc1Oc1ccccc1. The van der Waals surface area contributed by atoms with Crippen LogP contribution in [-0.4, -0.2) is 51.3 Å². The molecule has 2 aromatic rings. The van der Waals surface area contributed by atoms with Crippen LogP contribution >= 0.6 is 0 Å². The van der Waals surface area contributed by atoms with Crippen molar-refractivity contribution in [3.05, 3.63) is 48.5 Å². The maximum Gasteiger partial charge on any atom is 0.321 e. The number of para-hydroxylation sites is 1. The molecule has 31 heavy (non-hydrogen) atoms. The van der Waals surface area contributed by atoms with E-state index in [4.69, 9.17) is 4.74 Å². The summed E-state index contributed by atoms with van der Waals surface area (Å²) in [6, 6.07) is 12.9. The van der Waals surface area contributed by atoms with Crippen molar-refractivity contribution in [3.8, 4) is 11.5 Å². The Kier molecular flexibility index (Phi) is 7.48. The van der Waals surface area contributed by atoms with Crippen molar-refractivity contribution in [2.45, 2.75) is 24.2 Å². The number of hydrogen-bond donors (Lipinski definition) is 3. The fourth-order valence-electron chi connectivity index (χ4n) is 3.18. The Morgan fingerprint density at radius 2 is 1.74 bits per heavy atom. The van der Waals surface area contributed by atoms with Gasteiger partial charge in [-0.25, -0.2) is 13.2 Å². The molecule has 2 aromatic carbocycles. The highest BCUT2D eigenvalue weighted by Crippen LogP contribution is 2.33. The van der Waals surface area contributed by atoms with Crippen molar-refractivity contribution < 1.29 is 22.7 Å². The zero-order valence-corrected chi connectivity index (χ0v) is 18.1. The van der Waals surface area contributed by atoms with Crippen molar-refractivity contribution in [3.63, 3.8) is 0 Å². The molecule has 0 spiro atoms. The van der Waals surface area contributed by atoms with Gasteiger partial charge in [-0.1, -0.05) is 24.6 Å². The monoisotopic (exact) mass is 446 g/mol. The van der Waals surface area contributed by atoms with E-state index in [1.807, 2.05) is 18.2 Å². The van der Waals surface area contributed by atoms with Gasteiger partial charge in [0.25, 0.3) is 0 Å². The number of carbonyl (C=O) groups excluding carboxylic acids is 2. The smallest absolute Gasteiger partial charge is 0.321 e. The predicted molar refractivity (Wildman–Crippen MR) is 117 cm³/mol. The van der Waals surface area contributed by atoms with Crippen LogP contribution in [0.25, 0.3) is 0 Å². The molecular weight excluding hydrogens is 420 g/mol. The minimum Gasteiger partial charge on any atom is -0.455 e. The van der Waals surface area contributed by atoms with Gasteiger partial charge in [0.2, 0.25) is 15.9 Å². The van der Waals surface area contributed by atoms with Gasteiger partial charge in [0, 0.05) is 20.1 Å². The minimum atomic E-state index is -3.66. The molecule has 1 saturated heterocycles. The molecule has 1 heterocycles. The Morgan fingerprint density at radius 3 is 2.42 bits per heavy atom. The lowest BCUT2D eigenvalue weighted by Gasteiger charge is -2.26. The molecular formula is C21H26N4O5S. The minimum absolute atomic E-state index is 0.115. The number of rotatable bonds is 7. The van der Waals surface area contributed by atoms with Gasteiger partial charge in [0.05, 0.1) is 17.1 Å². The van der Waals surface area contributed by atoms with Gasteiger partial charge < -0.3 is 15.4 Å². The summed E-state index contributed by atoms with van der Waals surface area (Å²) in [5.41, 5.74) is 0.328. The van der Waals surface area contributed by atoms with Gasteiger partial charge in [0.15, 0.2) is 5.75 Å². The second-order valence-corrected chi connectivity index (χ2v) is 8.96. The first-order chi connectivity index (χ1) is 14.9. The second kappa shape index (κ2) is 10.3. The van der Waals surface area contributed by atoms with Crippen molar-refractivity contribution in [2.24, 2.45) is 0 Å². The summed E-state index contributed by atoms with van der Waals surface area (Å²) in [7, 11) is -2.26. The van der Waals surface area contributed by atoms with Crippen LogP contribution in [-0.2, 0) is 14.8 Å². The second-order valence-electron chi connectivity index (χ2n) is 7.02. The number of anilines is 1. The Morgan fingerprint density at radius 1 is 1.03 bits per heavy atom. The summed E-state index contributed by atoms with van der Waals surface area (Å²) in [6.07, 6.45) is 2.68. The van der Waals surface area contributed by atoms with Crippen LogP contribution in [0, 0.1) is 0 Å². The van der Waals surface area contributed by atoms with E-state index in [9.17, 15) is 18.0 Å². The van der Waals surface area contributed by atoms with E-state index in [2.05, 4.69) is 16.0 Å². The third-order valence-corrected chi connectivity index (χ3v) is 6.69. The molecule has 0 bridgehead atoms. The largest absolute Gasteiger partial charge is 0.455 e. The van der Waals surface area contributed by atoms with Crippen molar-refractivity contribution in [2.75, 3.05) is 32.0 Å².